The smallest absolute Gasteiger partial charge is 0.188 e. The predicted octanol–water partition coefficient (Wildman–Crippen LogP) is 5.11. The molecule has 2 aromatic carbocycles. The fourth-order valence-electron chi connectivity index (χ4n) is 1.89. The molecule has 5 nitrogen and oxygen atoms in total. The topological polar surface area (TPSA) is 68.1 Å². The summed E-state index contributed by atoms with van der Waals surface area (Å²) in [5.74, 6) is 1.36. The largest absolute Gasteiger partial charge is 0.506 e. The number of phenolic OH excluding ortho intramolecular Hbond substituents is 1. The Bertz CT molecular complexity index is 832. The lowest BCUT2D eigenvalue weighted by atomic mass is 10.1. The van der Waals surface area contributed by atoms with Crippen LogP contribution in [-0.2, 0) is 6.61 Å². The molecule has 0 aliphatic carbocycles. The van der Waals surface area contributed by atoms with Crippen molar-refractivity contribution in [1.29, 1.82) is 0 Å². The summed E-state index contributed by atoms with van der Waals surface area (Å²) in [5, 5.41) is 18.0. The molecule has 0 saturated heterocycles. The second-order valence-electron chi connectivity index (χ2n) is 4.79. The molecule has 3 rings (SSSR count). The van der Waals surface area contributed by atoms with Gasteiger partial charge in [-0.25, -0.2) is 4.98 Å². The van der Waals surface area contributed by atoms with E-state index >= 15 is 0 Å². The molecule has 0 aliphatic heterocycles. The van der Waals surface area contributed by atoms with Crippen LogP contribution in [0.4, 0.5) is 0 Å². The number of rotatable bonds is 4. The molecule has 0 radical (unpaired) electrons. The van der Waals surface area contributed by atoms with E-state index < -0.39 is 0 Å². The first-order valence-corrected chi connectivity index (χ1v) is 9.16. The van der Waals surface area contributed by atoms with E-state index in [0.717, 1.165) is 15.8 Å². The van der Waals surface area contributed by atoms with Gasteiger partial charge in [0.2, 0.25) is 0 Å². The molecule has 0 bridgehead atoms. The highest BCUT2D eigenvalue weighted by atomic mass is 79.9. The zero-order valence-corrected chi connectivity index (χ0v) is 16.8. The average Bonchev–Trinajstić information content (AvgIpc) is 2.59. The van der Waals surface area contributed by atoms with Crippen LogP contribution in [0, 0.1) is 0 Å². The number of hydrogen-bond donors (Lipinski definition) is 1. The monoisotopic (exact) mass is 513 g/mol. The Labute approximate surface area is 163 Å². The van der Waals surface area contributed by atoms with Gasteiger partial charge in [0.05, 0.1) is 15.1 Å². The highest BCUT2D eigenvalue weighted by Gasteiger charge is 2.10. The quantitative estimate of drug-likeness (QED) is 0.523. The van der Waals surface area contributed by atoms with E-state index in [2.05, 4.69) is 63.0 Å². The molecule has 3 aromatic rings. The Morgan fingerprint density at radius 1 is 0.958 bits per heavy atom. The van der Waals surface area contributed by atoms with Gasteiger partial charge in [-0.15, -0.1) is 10.2 Å². The molecule has 1 heterocycles. The van der Waals surface area contributed by atoms with Crippen molar-refractivity contribution >= 4 is 47.8 Å². The molecular formula is C16H10Br3N3O2. The number of halogens is 3. The third kappa shape index (κ3) is 4.12. The molecule has 122 valence electrons. The number of hydrogen-bond acceptors (Lipinski definition) is 5. The third-order valence-electron chi connectivity index (χ3n) is 3.10. The SMILES string of the molecule is Oc1c(Br)cc(-c2cnc(COc3ccc(Br)cc3)nn2)cc1Br. The van der Waals surface area contributed by atoms with E-state index in [1.165, 1.54) is 0 Å². The standard InChI is InChI=1S/C16H10Br3N3O2/c17-10-1-3-11(4-2-10)24-8-15-20-7-14(21-22-15)9-5-12(18)16(23)13(19)6-9/h1-7,23H,8H2. The summed E-state index contributed by atoms with van der Waals surface area (Å²) in [5.41, 5.74) is 1.38. The van der Waals surface area contributed by atoms with Crippen LogP contribution < -0.4 is 4.74 Å². The summed E-state index contributed by atoms with van der Waals surface area (Å²) in [6.07, 6.45) is 1.62. The molecule has 0 unspecified atom stereocenters. The van der Waals surface area contributed by atoms with E-state index in [-0.39, 0.29) is 12.4 Å². The Morgan fingerprint density at radius 2 is 1.62 bits per heavy atom. The Morgan fingerprint density at radius 3 is 2.21 bits per heavy atom. The number of aromatic nitrogens is 3. The zero-order valence-electron chi connectivity index (χ0n) is 12.1. The number of phenols is 1. The van der Waals surface area contributed by atoms with Gasteiger partial charge in [0.25, 0.3) is 0 Å². The number of benzene rings is 2. The minimum atomic E-state index is 0.138. The Hall–Kier alpha value is -1.51. The van der Waals surface area contributed by atoms with Gasteiger partial charge in [-0.05, 0) is 68.3 Å². The summed E-state index contributed by atoms with van der Waals surface area (Å²) < 4.78 is 7.73. The normalized spacial score (nSPS) is 10.6. The van der Waals surface area contributed by atoms with Crippen LogP contribution in [-0.4, -0.2) is 20.3 Å². The summed E-state index contributed by atoms with van der Waals surface area (Å²) in [6.45, 7) is 0.234. The maximum Gasteiger partial charge on any atom is 0.188 e. The molecule has 0 amide bonds. The molecule has 1 N–H and O–H groups in total. The molecule has 1 aromatic heterocycles. The summed E-state index contributed by atoms with van der Waals surface area (Å²) in [4.78, 5) is 4.27. The summed E-state index contributed by atoms with van der Waals surface area (Å²) >= 11 is 9.96. The molecule has 8 heteroatoms. The second-order valence-corrected chi connectivity index (χ2v) is 7.42. The van der Waals surface area contributed by atoms with E-state index in [1.54, 1.807) is 18.3 Å². The van der Waals surface area contributed by atoms with Crippen LogP contribution in [0.15, 0.2) is 56.0 Å². The van der Waals surface area contributed by atoms with Crippen molar-refractivity contribution in [3.8, 4) is 22.8 Å². The first-order valence-electron chi connectivity index (χ1n) is 6.78. The van der Waals surface area contributed by atoms with Gasteiger partial charge in [0.1, 0.15) is 23.8 Å². The fourth-order valence-corrected chi connectivity index (χ4v) is 3.34. The van der Waals surface area contributed by atoms with Crippen LogP contribution >= 0.6 is 47.8 Å². The second kappa shape index (κ2) is 7.58. The maximum absolute atomic E-state index is 9.75. The number of aromatic hydroxyl groups is 1. The van der Waals surface area contributed by atoms with Crippen LogP contribution in [0.5, 0.6) is 11.5 Å². The van der Waals surface area contributed by atoms with Gasteiger partial charge in [0.15, 0.2) is 5.82 Å². The van der Waals surface area contributed by atoms with Crippen molar-refractivity contribution < 1.29 is 9.84 Å². The fraction of sp³-hybridized carbons (Fsp3) is 0.0625. The van der Waals surface area contributed by atoms with Gasteiger partial charge >= 0.3 is 0 Å². The Balaban J connectivity index is 1.72. The van der Waals surface area contributed by atoms with Crippen molar-refractivity contribution in [2.45, 2.75) is 6.61 Å². The predicted molar refractivity (Wildman–Crippen MR) is 101 cm³/mol. The number of ether oxygens (including phenoxy) is 1. The highest BCUT2D eigenvalue weighted by Crippen LogP contribution is 2.36. The first-order chi connectivity index (χ1) is 11.5. The number of nitrogens with zero attached hydrogens (tertiary/aromatic N) is 3. The summed E-state index contributed by atoms with van der Waals surface area (Å²) in [7, 11) is 0. The molecule has 0 saturated carbocycles. The lowest BCUT2D eigenvalue weighted by molar-refractivity contribution is 0.294. The van der Waals surface area contributed by atoms with E-state index in [4.69, 9.17) is 4.74 Å². The van der Waals surface area contributed by atoms with Crippen LogP contribution in [0.3, 0.4) is 0 Å². The van der Waals surface area contributed by atoms with Crippen LogP contribution in [0.2, 0.25) is 0 Å². The van der Waals surface area contributed by atoms with Crippen molar-refractivity contribution in [2.24, 2.45) is 0 Å². The lowest BCUT2D eigenvalue weighted by Gasteiger charge is -2.07. The van der Waals surface area contributed by atoms with Gasteiger partial charge in [-0.3, -0.25) is 0 Å². The average molecular weight is 516 g/mol. The molecule has 0 fully saturated rings. The molecule has 24 heavy (non-hydrogen) atoms. The zero-order chi connectivity index (χ0) is 17.1. The van der Waals surface area contributed by atoms with Gasteiger partial charge in [-0.2, -0.15) is 0 Å². The highest BCUT2D eigenvalue weighted by molar-refractivity contribution is 9.11. The van der Waals surface area contributed by atoms with Crippen molar-refractivity contribution in [2.75, 3.05) is 0 Å². The van der Waals surface area contributed by atoms with Crippen molar-refractivity contribution in [3.05, 3.63) is 61.8 Å². The molecular weight excluding hydrogens is 506 g/mol. The lowest BCUT2D eigenvalue weighted by Crippen LogP contribution is -2.03. The third-order valence-corrected chi connectivity index (χ3v) is 4.84. The van der Waals surface area contributed by atoms with E-state index in [9.17, 15) is 5.11 Å². The van der Waals surface area contributed by atoms with Crippen LogP contribution in [0.25, 0.3) is 11.3 Å². The van der Waals surface area contributed by atoms with E-state index in [0.29, 0.717) is 20.5 Å². The van der Waals surface area contributed by atoms with Gasteiger partial charge in [0, 0.05) is 10.0 Å². The van der Waals surface area contributed by atoms with Gasteiger partial charge < -0.3 is 9.84 Å². The van der Waals surface area contributed by atoms with E-state index in [1.807, 2.05) is 24.3 Å². The molecule has 0 atom stereocenters. The first kappa shape index (κ1) is 17.3. The molecule has 0 spiro atoms. The van der Waals surface area contributed by atoms with Crippen molar-refractivity contribution in [1.82, 2.24) is 15.2 Å². The minimum absolute atomic E-state index is 0.138. The minimum Gasteiger partial charge on any atom is -0.506 e. The maximum atomic E-state index is 9.75. The summed E-state index contributed by atoms with van der Waals surface area (Å²) in [6, 6.07) is 11.0. The van der Waals surface area contributed by atoms with Gasteiger partial charge in [-0.1, -0.05) is 15.9 Å². The van der Waals surface area contributed by atoms with Crippen LogP contribution in [0.1, 0.15) is 5.82 Å². The van der Waals surface area contributed by atoms with Crippen molar-refractivity contribution in [3.63, 3.8) is 0 Å². The Kier molecular flexibility index (Phi) is 5.47. The molecule has 0 aliphatic rings.